The van der Waals surface area contributed by atoms with Crippen LogP contribution < -0.4 is 14.8 Å². The van der Waals surface area contributed by atoms with E-state index in [1.807, 2.05) is 48.3 Å². The Morgan fingerprint density at radius 1 is 1.12 bits per heavy atom. The van der Waals surface area contributed by atoms with Gasteiger partial charge >= 0.3 is 0 Å². The van der Waals surface area contributed by atoms with Crippen molar-refractivity contribution >= 4 is 29.3 Å². The Balaban J connectivity index is 1.93. The lowest BCUT2D eigenvalue weighted by Gasteiger charge is -2.19. The summed E-state index contributed by atoms with van der Waals surface area (Å²) in [6, 6.07) is 15.3. The Labute approximate surface area is 159 Å². The number of carbonyl (C=O) groups excluding carboxylic acids is 1. The summed E-state index contributed by atoms with van der Waals surface area (Å²) in [5.41, 5.74) is 1.94. The minimum atomic E-state index is -0.287. The maximum atomic E-state index is 12.1. The zero-order valence-electron chi connectivity index (χ0n) is 15.1. The van der Waals surface area contributed by atoms with Crippen molar-refractivity contribution in [1.29, 1.82) is 0 Å². The van der Waals surface area contributed by atoms with Gasteiger partial charge in [-0.3, -0.25) is 10.1 Å². The Morgan fingerprint density at radius 2 is 1.81 bits per heavy atom. The van der Waals surface area contributed by atoms with Gasteiger partial charge in [0, 0.05) is 19.7 Å². The van der Waals surface area contributed by atoms with Gasteiger partial charge in [0.2, 0.25) is 5.91 Å². The van der Waals surface area contributed by atoms with E-state index in [0.717, 1.165) is 11.1 Å². The van der Waals surface area contributed by atoms with Crippen LogP contribution in [0.1, 0.15) is 11.1 Å². The fourth-order valence-electron chi connectivity index (χ4n) is 2.30. The molecule has 0 saturated carbocycles. The summed E-state index contributed by atoms with van der Waals surface area (Å²) < 4.78 is 10.4. The van der Waals surface area contributed by atoms with E-state index in [4.69, 9.17) is 21.7 Å². The molecule has 5 nitrogen and oxygen atoms in total. The summed E-state index contributed by atoms with van der Waals surface area (Å²) in [6.45, 7) is 0.624. The molecule has 26 heavy (non-hydrogen) atoms. The number of thiocarbonyl (C=S) groups is 1. The average Bonchev–Trinajstić information content (AvgIpc) is 2.66. The molecule has 2 aromatic carbocycles. The molecule has 2 aromatic rings. The highest BCUT2D eigenvalue weighted by Gasteiger charge is 2.08. The van der Waals surface area contributed by atoms with E-state index in [2.05, 4.69) is 5.32 Å². The van der Waals surface area contributed by atoms with Gasteiger partial charge in [0.05, 0.1) is 14.2 Å². The summed E-state index contributed by atoms with van der Waals surface area (Å²) >= 11 is 5.28. The third-order valence-corrected chi connectivity index (χ3v) is 4.09. The van der Waals surface area contributed by atoms with E-state index in [-0.39, 0.29) is 5.91 Å². The molecule has 0 aliphatic heterocycles. The predicted octanol–water partition coefficient (Wildman–Crippen LogP) is 3.25. The molecule has 0 bridgehead atoms. The second kappa shape index (κ2) is 9.58. The Bertz CT molecular complexity index is 791. The number of hydrogen-bond donors (Lipinski definition) is 1. The number of hydrogen-bond acceptors (Lipinski definition) is 4. The monoisotopic (exact) mass is 370 g/mol. The van der Waals surface area contributed by atoms with E-state index in [1.54, 1.807) is 32.4 Å². The molecule has 0 fully saturated rings. The number of ether oxygens (including phenoxy) is 2. The topological polar surface area (TPSA) is 50.8 Å². The van der Waals surface area contributed by atoms with Crippen molar-refractivity contribution < 1.29 is 14.3 Å². The zero-order valence-corrected chi connectivity index (χ0v) is 15.9. The van der Waals surface area contributed by atoms with Crippen LogP contribution in [0.2, 0.25) is 0 Å². The van der Waals surface area contributed by atoms with Crippen LogP contribution in [0, 0.1) is 0 Å². The second-order valence-corrected chi connectivity index (χ2v) is 5.97. The first kappa shape index (κ1) is 19.5. The van der Waals surface area contributed by atoms with Gasteiger partial charge in [-0.2, -0.15) is 0 Å². The summed E-state index contributed by atoms with van der Waals surface area (Å²) in [5, 5.41) is 3.07. The zero-order chi connectivity index (χ0) is 18.9. The maximum Gasteiger partial charge on any atom is 0.250 e. The van der Waals surface area contributed by atoms with Crippen molar-refractivity contribution in [1.82, 2.24) is 10.2 Å². The Morgan fingerprint density at radius 3 is 2.46 bits per heavy atom. The number of nitrogens with zero attached hydrogens (tertiary/aromatic N) is 1. The molecule has 6 heteroatoms. The number of amides is 1. The minimum absolute atomic E-state index is 0.287. The van der Waals surface area contributed by atoms with Crippen molar-refractivity contribution in [3.8, 4) is 11.5 Å². The predicted molar refractivity (Wildman–Crippen MR) is 107 cm³/mol. The van der Waals surface area contributed by atoms with E-state index < -0.39 is 0 Å². The van der Waals surface area contributed by atoms with Crippen LogP contribution in [0.15, 0.2) is 54.6 Å². The molecule has 0 atom stereocenters. The first-order valence-corrected chi connectivity index (χ1v) is 8.44. The lowest BCUT2D eigenvalue weighted by atomic mass is 10.2. The van der Waals surface area contributed by atoms with Crippen molar-refractivity contribution in [3.05, 3.63) is 65.7 Å². The van der Waals surface area contributed by atoms with Crippen LogP contribution in [0.25, 0.3) is 6.08 Å². The molecule has 2 rings (SSSR count). The standard InChI is InChI=1S/C20H22N2O3S/c1-22(14-16-7-5-4-6-8-16)20(26)21-19(23)12-10-15-9-11-17(24-2)18(13-15)25-3/h4-13H,14H2,1-3H3,(H,21,23,26)/b12-10+. The van der Waals surface area contributed by atoms with Crippen LogP contribution >= 0.6 is 12.2 Å². The van der Waals surface area contributed by atoms with Gasteiger partial charge in [-0.25, -0.2) is 0 Å². The SMILES string of the molecule is COc1ccc(/C=C/C(=O)NC(=S)N(C)Cc2ccccc2)cc1OC. The van der Waals surface area contributed by atoms with Crippen molar-refractivity contribution in [2.45, 2.75) is 6.54 Å². The molecule has 0 aromatic heterocycles. The third-order valence-electron chi connectivity index (χ3n) is 3.67. The minimum Gasteiger partial charge on any atom is -0.493 e. The summed E-state index contributed by atoms with van der Waals surface area (Å²) in [6.07, 6.45) is 3.13. The molecule has 0 aliphatic carbocycles. The summed E-state index contributed by atoms with van der Waals surface area (Å²) in [7, 11) is 4.99. The first-order chi connectivity index (χ1) is 12.5. The highest BCUT2D eigenvalue weighted by Crippen LogP contribution is 2.27. The highest BCUT2D eigenvalue weighted by atomic mass is 32.1. The van der Waals surface area contributed by atoms with Crippen molar-refractivity contribution in [2.75, 3.05) is 21.3 Å². The summed E-state index contributed by atoms with van der Waals surface area (Å²) in [5.74, 6) is 0.954. The van der Waals surface area contributed by atoms with Gasteiger partial charge in [-0.15, -0.1) is 0 Å². The van der Waals surface area contributed by atoms with Gasteiger partial charge in [0.25, 0.3) is 0 Å². The van der Waals surface area contributed by atoms with Gasteiger partial charge < -0.3 is 14.4 Å². The third kappa shape index (κ3) is 5.60. The van der Waals surface area contributed by atoms with Crippen LogP contribution in [0.4, 0.5) is 0 Å². The van der Waals surface area contributed by atoms with Crippen LogP contribution in [0.3, 0.4) is 0 Å². The molecule has 0 spiro atoms. The lowest BCUT2D eigenvalue weighted by Crippen LogP contribution is -2.39. The average molecular weight is 370 g/mol. The van der Waals surface area contributed by atoms with E-state index in [0.29, 0.717) is 23.2 Å². The normalized spacial score (nSPS) is 10.4. The van der Waals surface area contributed by atoms with Gasteiger partial charge in [-0.05, 0) is 41.6 Å². The van der Waals surface area contributed by atoms with Gasteiger partial charge in [0.1, 0.15) is 0 Å². The first-order valence-electron chi connectivity index (χ1n) is 8.03. The fraction of sp³-hybridized carbons (Fsp3) is 0.200. The molecular formula is C20H22N2O3S. The van der Waals surface area contributed by atoms with Crippen LogP contribution in [0.5, 0.6) is 11.5 Å². The highest BCUT2D eigenvalue weighted by molar-refractivity contribution is 7.80. The number of rotatable bonds is 6. The molecule has 1 amide bonds. The molecule has 0 radical (unpaired) electrons. The quantitative estimate of drug-likeness (QED) is 0.625. The van der Waals surface area contributed by atoms with Gasteiger partial charge in [-0.1, -0.05) is 36.4 Å². The molecule has 0 aliphatic rings. The molecule has 0 heterocycles. The van der Waals surface area contributed by atoms with Gasteiger partial charge in [0.15, 0.2) is 16.6 Å². The van der Waals surface area contributed by atoms with E-state index >= 15 is 0 Å². The van der Waals surface area contributed by atoms with E-state index in [9.17, 15) is 4.79 Å². The molecule has 1 N–H and O–H groups in total. The number of methoxy groups -OCH3 is 2. The Kier molecular flexibility index (Phi) is 7.17. The number of benzene rings is 2. The van der Waals surface area contributed by atoms with Crippen molar-refractivity contribution in [2.24, 2.45) is 0 Å². The van der Waals surface area contributed by atoms with Crippen molar-refractivity contribution in [3.63, 3.8) is 0 Å². The second-order valence-electron chi connectivity index (χ2n) is 5.58. The largest absolute Gasteiger partial charge is 0.493 e. The maximum absolute atomic E-state index is 12.1. The molecule has 0 saturated heterocycles. The summed E-state index contributed by atoms with van der Waals surface area (Å²) in [4.78, 5) is 13.9. The molecule has 0 unspecified atom stereocenters. The van der Waals surface area contributed by atoms with Crippen LogP contribution in [-0.2, 0) is 11.3 Å². The fourth-order valence-corrected chi connectivity index (χ4v) is 2.47. The van der Waals surface area contributed by atoms with E-state index in [1.165, 1.54) is 6.08 Å². The smallest absolute Gasteiger partial charge is 0.250 e. The lowest BCUT2D eigenvalue weighted by molar-refractivity contribution is -0.115. The molecule has 136 valence electrons. The number of carbonyl (C=O) groups is 1. The number of nitrogens with one attached hydrogen (secondary N) is 1. The van der Waals surface area contributed by atoms with Crippen LogP contribution in [-0.4, -0.2) is 37.2 Å². The molecular weight excluding hydrogens is 348 g/mol. The Hall–Kier alpha value is -2.86.